The lowest BCUT2D eigenvalue weighted by atomic mass is 10.1. The third kappa shape index (κ3) is 3.63. The van der Waals surface area contributed by atoms with Crippen LogP contribution in [-0.2, 0) is 4.74 Å². The molecule has 1 fully saturated rings. The van der Waals surface area contributed by atoms with Crippen LogP contribution in [0.3, 0.4) is 0 Å². The predicted octanol–water partition coefficient (Wildman–Crippen LogP) is 0.833. The van der Waals surface area contributed by atoms with Crippen LogP contribution in [0.2, 0.25) is 0 Å². The summed E-state index contributed by atoms with van der Waals surface area (Å²) in [5.74, 6) is 0. The summed E-state index contributed by atoms with van der Waals surface area (Å²) in [4.78, 5) is 2.47. The van der Waals surface area contributed by atoms with E-state index in [1.165, 1.54) is 0 Å². The first-order valence-corrected chi connectivity index (χ1v) is 5.21. The van der Waals surface area contributed by atoms with Crippen molar-refractivity contribution in [2.75, 3.05) is 19.7 Å². The Kier molecular flexibility index (Phi) is 4.16. The molecule has 0 radical (unpaired) electrons. The molecule has 1 aliphatic heterocycles. The van der Waals surface area contributed by atoms with E-state index in [1.807, 2.05) is 0 Å². The van der Waals surface area contributed by atoms with Gasteiger partial charge in [0.15, 0.2) is 0 Å². The van der Waals surface area contributed by atoms with Crippen LogP contribution in [0.15, 0.2) is 0 Å². The molecule has 1 rings (SSSR count). The van der Waals surface area contributed by atoms with Crippen molar-refractivity contribution in [2.45, 2.75) is 45.4 Å². The molecule has 1 aliphatic rings. The Balaban J connectivity index is 2.29. The van der Waals surface area contributed by atoms with Crippen molar-refractivity contribution in [1.82, 2.24) is 4.90 Å². The summed E-state index contributed by atoms with van der Waals surface area (Å²) in [6, 6.07) is 0.861. The highest BCUT2D eigenvalue weighted by Crippen LogP contribution is 2.11. The molecule has 3 nitrogen and oxygen atoms in total. The van der Waals surface area contributed by atoms with E-state index in [4.69, 9.17) is 10.5 Å². The molecule has 3 heteroatoms. The van der Waals surface area contributed by atoms with E-state index in [1.54, 1.807) is 0 Å². The summed E-state index contributed by atoms with van der Waals surface area (Å²) < 4.78 is 5.55. The third-order valence-corrected chi connectivity index (χ3v) is 2.61. The van der Waals surface area contributed by atoms with Gasteiger partial charge in [-0.05, 0) is 27.2 Å². The fraction of sp³-hybridized carbons (Fsp3) is 1.00. The highest BCUT2D eigenvalue weighted by Gasteiger charge is 2.22. The average Bonchev–Trinajstić information content (AvgIpc) is 2.06. The molecule has 0 spiro atoms. The van der Waals surface area contributed by atoms with Crippen molar-refractivity contribution in [3.63, 3.8) is 0 Å². The van der Waals surface area contributed by atoms with Gasteiger partial charge in [0.2, 0.25) is 0 Å². The molecule has 0 bridgehead atoms. The van der Waals surface area contributed by atoms with E-state index in [0.717, 1.165) is 26.1 Å². The highest BCUT2D eigenvalue weighted by molar-refractivity contribution is 4.75. The lowest BCUT2D eigenvalue weighted by Gasteiger charge is -2.37. The second-order valence-corrected chi connectivity index (χ2v) is 4.25. The van der Waals surface area contributed by atoms with Gasteiger partial charge in [-0.25, -0.2) is 0 Å². The largest absolute Gasteiger partial charge is 0.376 e. The minimum absolute atomic E-state index is 0.311. The number of nitrogens with zero attached hydrogens (tertiary/aromatic N) is 1. The van der Waals surface area contributed by atoms with Crippen LogP contribution >= 0.6 is 0 Å². The average molecular weight is 186 g/mol. The number of nitrogens with two attached hydrogens (primary N) is 1. The van der Waals surface area contributed by atoms with E-state index in [0.29, 0.717) is 18.2 Å². The standard InChI is InChI=1S/C10H22N2O/c1-8(11)4-5-12-6-10(3)13-7-9(12)2/h8-10H,4-7,11H2,1-3H3. The molecule has 78 valence electrons. The van der Waals surface area contributed by atoms with Gasteiger partial charge < -0.3 is 10.5 Å². The zero-order chi connectivity index (χ0) is 9.84. The monoisotopic (exact) mass is 186 g/mol. The smallest absolute Gasteiger partial charge is 0.0674 e. The molecule has 2 N–H and O–H groups in total. The van der Waals surface area contributed by atoms with Gasteiger partial charge in [0.25, 0.3) is 0 Å². The van der Waals surface area contributed by atoms with Crippen molar-refractivity contribution in [1.29, 1.82) is 0 Å². The Morgan fingerprint density at radius 3 is 2.85 bits per heavy atom. The van der Waals surface area contributed by atoms with E-state index in [2.05, 4.69) is 25.7 Å². The van der Waals surface area contributed by atoms with Crippen LogP contribution < -0.4 is 5.73 Å². The van der Waals surface area contributed by atoms with Crippen molar-refractivity contribution in [2.24, 2.45) is 5.73 Å². The highest BCUT2D eigenvalue weighted by atomic mass is 16.5. The van der Waals surface area contributed by atoms with E-state index >= 15 is 0 Å². The van der Waals surface area contributed by atoms with Crippen molar-refractivity contribution in [3.8, 4) is 0 Å². The van der Waals surface area contributed by atoms with Gasteiger partial charge in [-0.15, -0.1) is 0 Å². The second-order valence-electron chi connectivity index (χ2n) is 4.25. The Labute approximate surface area is 81.2 Å². The maximum atomic E-state index is 5.73. The zero-order valence-corrected chi connectivity index (χ0v) is 8.99. The van der Waals surface area contributed by atoms with Gasteiger partial charge >= 0.3 is 0 Å². The minimum atomic E-state index is 0.311. The van der Waals surface area contributed by atoms with Crippen LogP contribution in [0.4, 0.5) is 0 Å². The number of hydrogen-bond acceptors (Lipinski definition) is 3. The Morgan fingerprint density at radius 1 is 1.54 bits per heavy atom. The van der Waals surface area contributed by atoms with Crippen LogP contribution in [0.5, 0.6) is 0 Å². The molecular formula is C10H22N2O. The van der Waals surface area contributed by atoms with Gasteiger partial charge in [-0.3, -0.25) is 4.90 Å². The number of morpholine rings is 1. The van der Waals surface area contributed by atoms with Crippen LogP contribution in [-0.4, -0.2) is 42.8 Å². The first-order chi connectivity index (χ1) is 6.09. The summed E-state index contributed by atoms with van der Waals surface area (Å²) in [6.07, 6.45) is 1.46. The van der Waals surface area contributed by atoms with Gasteiger partial charge in [0.05, 0.1) is 12.7 Å². The van der Waals surface area contributed by atoms with Gasteiger partial charge in [0.1, 0.15) is 0 Å². The summed E-state index contributed by atoms with van der Waals surface area (Å²) in [5, 5.41) is 0. The normalized spacial score (nSPS) is 33.2. The van der Waals surface area contributed by atoms with Crippen LogP contribution in [0, 0.1) is 0 Å². The molecular weight excluding hydrogens is 164 g/mol. The second kappa shape index (κ2) is 4.94. The first-order valence-electron chi connectivity index (χ1n) is 5.21. The molecule has 3 unspecified atom stereocenters. The maximum Gasteiger partial charge on any atom is 0.0674 e. The Morgan fingerprint density at radius 2 is 2.23 bits per heavy atom. The summed E-state index contributed by atoms with van der Waals surface area (Å²) in [5.41, 5.74) is 5.73. The molecule has 1 heterocycles. The molecule has 1 saturated heterocycles. The minimum Gasteiger partial charge on any atom is -0.376 e. The molecule has 0 saturated carbocycles. The molecule has 0 aromatic heterocycles. The van der Waals surface area contributed by atoms with E-state index in [-0.39, 0.29) is 0 Å². The van der Waals surface area contributed by atoms with Crippen molar-refractivity contribution < 1.29 is 4.74 Å². The van der Waals surface area contributed by atoms with Crippen LogP contribution in [0.25, 0.3) is 0 Å². The first kappa shape index (κ1) is 11.0. The van der Waals surface area contributed by atoms with Crippen molar-refractivity contribution in [3.05, 3.63) is 0 Å². The third-order valence-electron chi connectivity index (χ3n) is 2.61. The van der Waals surface area contributed by atoms with Gasteiger partial charge in [-0.2, -0.15) is 0 Å². The molecule has 0 amide bonds. The maximum absolute atomic E-state index is 5.73. The molecule has 0 aliphatic carbocycles. The quantitative estimate of drug-likeness (QED) is 0.709. The SMILES string of the molecule is CC(N)CCN1CC(C)OCC1C. The lowest BCUT2D eigenvalue weighted by molar-refractivity contribution is -0.0498. The number of hydrogen-bond donors (Lipinski definition) is 1. The summed E-state index contributed by atoms with van der Waals surface area (Å²) in [6.45, 7) is 9.42. The van der Waals surface area contributed by atoms with Gasteiger partial charge in [-0.1, -0.05) is 0 Å². The lowest BCUT2D eigenvalue weighted by Crippen LogP contribution is -2.48. The Bertz CT molecular complexity index is 150. The fourth-order valence-electron chi connectivity index (χ4n) is 1.65. The zero-order valence-electron chi connectivity index (χ0n) is 8.99. The van der Waals surface area contributed by atoms with E-state index < -0.39 is 0 Å². The fourth-order valence-corrected chi connectivity index (χ4v) is 1.65. The predicted molar refractivity (Wildman–Crippen MR) is 54.7 cm³/mol. The molecule has 13 heavy (non-hydrogen) atoms. The van der Waals surface area contributed by atoms with E-state index in [9.17, 15) is 0 Å². The van der Waals surface area contributed by atoms with Gasteiger partial charge in [0, 0.05) is 25.2 Å². The molecule has 0 aromatic rings. The summed E-state index contributed by atoms with van der Waals surface area (Å²) in [7, 11) is 0. The molecule has 3 atom stereocenters. The number of rotatable bonds is 3. The number of ether oxygens (including phenoxy) is 1. The summed E-state index contributed by atoms with van der Waals surface area (Å²) >= 11 is 0. The Hall–Kier alpha value is -0.120. The molecule has 0 aromatic carbocycles. The topological polar surface area (TPSA) is 38.5 Å². The van der Waals surface area contributed by atoms with Crippen LogP contribution in [0.1, 0.15) is 27.2 Å². The van der Waals surface area contributed by atoms with Crippen molar-refractivity contribution >= 4 is 0 Å².